The predicted octanol–water partition coefficient (Wildman–Crippen LogP) is 4.62. The third kappa shape index (κ3) is 3.08. The first kappa shape index (κ1) is 13.5. The number of ether oxygens (including phenoxy) is 1. The number of hydrogen-bond donors (Lipinski definition) is 1. The van der Waals surface area contributed by atoms with Crippen molar-refractivity contribution in [3.8, 4) is 17.2 Å². The van der Waals surface area contributed by atoms with Crippen molar-refractivity contribution >= 4 is 0 Å². The van der Waals surface area contributed by atoms with Crippen LogP contribution in [0.5, 0.6) is 17.2 Å². The summed E-state index contributed by atoms with van der Waals surface area (Å²) in [7, 11) is 0. The standard InChI is InChI=1S/C17H20O2/c1-4-13-7-8-15(18)11-17(13)19-16-9-6-12(3)14(5-2)10-16/h6-11,18H,4-5H2,1-3H3. The average Bonchev–Trinajstić information content (AvgIpc) is 2.41. The molecule has 2 rings (SSSR count). The van der Waals surface area contributed by atoms with Gasteiger partial charge in [0.25, 0.3) is 0 Å². The van der Waals surface area contributed by atoms with Gasteiger partial charge in [0.2, 0.25) is 0 Å². The summed E-state index contributed by atoms with van der Waals surface area (Å²) in [6.07, 6.45) is 1.87. The van der Waals surface area contributed by atoms with Gasteiger partial charge in [0.05, 0.1) is 0 Å². The second kappa shape index (κ2) is 5.79. The molecule has 0 bridgehead atoms. The first-order valence-electron chi connectivity index (χ1n) is 6.73. The molecule has 0 fully saturated rings. The topological polar surface area (TPSA) is 29.5 Å². The van der Waals surface area contributed by atoms with E-state index in [4.69, 9.17) is 4.74 Å². The maximum atomic E-state index is 9.58. The number of phenols is 1. The van der Waals surface area contributed by atoms with Crippen LogP contribution in [-0.4, -0.2) is 5.11 Å². The lowest BCUT2D eigenvalue weighted by Gasteiger charge is -2.12. The largest absolute Gasteiger partial charge is 0.508 e. The lowest BCUT2D eigenvalue weighted by Crippen LogP contribution is -1.93. The highest BCUT2D eigenvalue weighted by molar-refractivity contribution is 5.44. The minimum absolute atomic E-state index is 0.232. The summed E-state index contributed by atoms with van der Waals surface area (Å²) in [5, 5.41) is 9.58. The molecule has 0 atom stereocenters. The van der Waals surface area contributed by atoms with Crippen LogP contribution >= 0.6 is 0 Å². The van der Waals surface area contributed by atoms with E-state index in [-0.39, 0.29) is 5.75 Å². The Morgan fingerprint density at radius 3 is 2.37 bits per heavy atom. The Kier molecular flexibility index (Phi) is 4.10. The number of aromatic hydroxyl groups is 1. The molecule has 0 amide bonds. The summed E-state index contributed by atoms with van der Waals surface area (Å²) in [6, 6.07) is 11.4. The molecule has 100 valence electrons. The Labute approximate surface area is 114 Å². The van der Waals surface area contributed by atoms with E-state index < -0.39 is 0 Å². The van der Waals surface area contributed by atoms with Crippen molar-refractivity contribution in [2.75, 3.05) is 0 Å². The summed E-state index contributed by atoms with van der Waals surface area (Å²) >= 11 is 0. The molecule has 2 nitrogen and oxygen atoms in total. The highest BCUT2D eigenvalue weighted by atomic mass is 16.5. The fraction of sp³-hybridized carbons (Fsp3) is 0.294. The third-order valence-electron chi connectivity index (χ3n) is 3.36. The van der Waals surface area contributed by atoms with Crippen LogP contribution in [0.3, 0.4) is 0 Å². The Hall–Kier alpha value is -1.96. The molecular weight excluding hydrogens is 236 g/mol. The number of benzene rings is 2. The van der Waals surface area contributed by atoms with Gasteiger partial charge in [-0.3, -0.25) is 0 Å². The van der Waals surface area contributed by atoms with Crippen LogP contribution in [0.15, 0.2) is 36.4 Å². The second-order valence-electron chi connectivity index (χ2n) is 4.69. The van der Waals surface area contributed by atoms with E-state index in [0.29, 0.717) is 0 Å². The van der Waals surface area contributed by atoms with Gasteiger partial charge in [-0.25, -0.2) is 0 Å². The first-order chi connectivity index (χ1) is 9.13. The molecular formula is C17H20O2. The molecule has 2 aromatic rings. The molecule has 0 saturated carbocycles. The van der Waals surface area contributed by atoms with Crippen molar-refractivity contribution in [3.05, 3.63) is 53.1 Å². The van der Waals surface area contributed by atoms with Crippen molar-refractivity contribution in [2.45, 2.75) is 33.6 Å². The fourth-order valence-corrected chi connectivity index (χ4v) is 2.15. The summed E-state index contributed by atoms with van der Waals surface area (Å²) in [4.78, 5) is 0. The maximum Gasteiger partial charge on any atom is 0.134 e. The number of hydrogen-bond acceptors (Lipinski definition) is 2. The van der Waals surface area contributed by atoms with Gasteiger partial charge in [-0.15, -0.1) is 0 Å². The van der Waals surface area contributed by atoms with Gasteiger partial charge < -0.3 is 9.84 Å². The van der Waals surface area contributed by atoms with Crippen LogP contribution < -0.4 is 4.74 Å². The zero-order chi connectivity index (χ0) is 13.8. The lowest BCUT2D eigenvalue weighted by atomic mass is 10.1. The third-order valence-corrected chi connectivity index (χ3v) is 3.36. The highest BCUT2D eigenvalue weighted by Crippen LogP contribution is 2.30. The van der Waals surface area contributed by atoms with Crippen molar-refractivity contribution in [2.24, 2.45) is 0 Å². The Morgan fingerprint density at radius 1 is 0.947 bits per heavy atom. The van der Waals surface area contributed by atoms with Crippen LogP contribution in [0, 0.1) is 6.92 Å². The van der Waals surface area contributed by atoms with Gasteiger partial charge in [-0.1, -0.05) is 26.0 Å². The van der Waals surface area contributed by atoms with E-state index in [1.807, 2.05) is 12.1 Å². The molecule has 0 unspecified atom stereocenters. The van der Waals surface area contributed by atoms with E-state index in [2.05, 4.69) is 32.9 Å². The van der Waals surface area contributed by atoms with Crippen LogP contribution in [0.25, 0.3) is 0 Å². The summed E-state index contributed by atoms with van der Waals surface area (Å²) in [5.74, 6) is 1.78. The SMILES string of the molecule is CCc1cc(Oc2cc(O)ccc2CC)ccc1C. The number of phenolic OH excluding ortho intramolecular Hbond substituents is 1. The lowest BCUT2D eigenvalue weighted by molar-refractivity contribution is 0.451. The molecule has 0 saturated heterocycles. The highest BCUT2D eigenvalue weighted by Gasteiger charge is 2.06. The number of rotatable bonds is 4. The molecule has 0 aliphatic rings. The first-order valence-corrected chi connectivity index (χ1v) is 6.73. The van der Waals surface area contributed by atoms with Crippen LogP contribution in [0.4, 0.5) is 0 Å². The van der Waals surface area contributed by atoms with Crippen molar-refractivity contribution in [3.63, 3.8) is 0 Å². The summed E-state index contributed by atoms with van der Waals surface area (Å²) in [5.41, 5.74) is 3.66. The molecule has 0 heterocycles. The molecule has 0 spiro atoms. The van der Waals surface area contributed by atoms with Gasteiger partial charge >= 0.3 is 0 Å². The number of aryl methyl sites for hydroxylation is 3. The smallest absolute Gasteiger partial charge is 0.134 e. The van der Waals surface area contributed by atoms with Crippen molar-refractivity contribution < 1.29 is 9.84 Å². The Balaban J connectivity index is 2.33. The second-order valence-corrected chi connectivity index (χ2v) is 4.69. The minimum atomic E-state index is 0.232. The Bertz CT molecular complexity index is 573. The molecule has 1 N–H and O–H groups in total. The fourth-order valence-electron chi connectivity index (χ4n) is 2.15. The van der Waals surface area contributed by atoms with E-state index in [1.165, 1.54) is 11.1 Å². The zero-order valence-corrected chi connectivity index (χ0v) is 11.7. The summed E-state index contributed by atoms with van der Waals surface area (Å²) in [6.45, 7) is 6.32. The van der Waals surface area contributed by atoms with Crippen molar-refractivity contribution in [1.29, 1.82) is 0 Å². The van der Waals surface area contributed by atoms with E-state index in [1.54, 1.807) is 12.1 Å². The Morgan fingerprint density at radius 2 is 1.68 bits per heavy atom. The van der Waals surface area contributed by atoms with Crippen molar-refractivity contribution in [1.82, 2.24) is 0 Å². The van der Waals surface area contributed by atoms with Gasteiger partial charge in [0, 0.05) is 6.07 Å². The summed E-state index contributed by atoms with van der Waals surface area (Å²) < 4.78 is 5.92. The molecule has 2 aromatic carbocycles. The molecule has 0 radical (unpaired) electrons. The van der Waals surface area contributed by atoms with Crippen LogP contribution in [0.1, 0.15) is 30.5 Å². The van der Waals surface area contributed by atoms with Crippen LogP contribution in [0.2, 0.25) is 0 Å². The van der Waals surface area contributed by atoms with Gasteiger partial charge in [0.15, 0.2) is 0 Å². The molecule has 19 heavy (non-hydrogen) atoms. The zero-order valence-electron chi connectivity index (χ0n) is 11.7. The van der Waals surface area contributed by atoms with E-state index in [9.17, 15) is 5.11 Å². The average molecular weight is 256 g/mol. The molecule has 2 heteroatoms. The van der Waals surface area contributed by atoms with E-state index in [0.717, 1.165) is 29.9 Å². The predicted molar refractivity (Wildman–Crippen MR) is 78.1 cm³/mol. The molecule has 0 aliphatic carbocycles. The maximum absolute atomic E-state index is 9.58. The quantitative estimate of drug-likeness (QED) is 0.865. The minimum Gasteiger partial charge on any atom is -0.508 e. The monoisotopic (exact) mass is 256 g/mol. The molecule has 0 aliphatic heterocycles. The normalized spacial score (nSPS) is 10.5. The van der Waals surface area contributed by atoms with Gasteiger partial charge in [-0.05, 0) is 54.7 Å². The molecule has 0 aromatic heterocycles. The van der Waals surface area contributed by atoms with E-state index >= 15 is 0 Å². The van der Waals surface area contributed by atoms with Gasteiger partial charge in [-0.2, -0.15) is 0 Å². The van der Waals surface area contributed by atoms with Gasteiger partial charge in [0.1, 0.15) is 17.2 Å². The van der Waals surface area contributed by atoms with Crippen LogP contribution in [-0.2, 0) is 12.8 Å².